The van der Waals surface area contributed by atoms with Gasteiger partial charge in [0.1, 0.15) is 0 Å². The quantitative estimate of drug-likeness (QED) is 0.543. The number of hydrogen-bond acceptors (Lipinski definition) is 4. The molecule has 2 aromatic heterocycles. The third-order valence-corrected chi connectivity index (χ3v) is 4.62. The number of aromatic nitrogens is 2. The fourth-order valence-electron chi connectivity index (χ4n) is 2.87. The molecule has 0 saturated heterocycles. The molecule has 0 amide bonds. The van der Waals surface area contributed by atoms with Gasteiger partial charge in [0.05, 0.1) is 23.7 Å². The van der Waals surface area contributed by atoms with Gasteiger partial charge in [-0.2, -0.15) is 0 Å². The van der Waals surface area contributed by atoms with Crippen LogP contribution in [-0.2, 0) is 22.7 Å². The molecule has 0 radical (unpaired) electrons. The Hall–Kier alpha value is -3.51. The minimum absolute atomic E-state index is 0.0155. The van der Waals surface area contributed by atoms with E-state index in [9.17, 15) is 9.59 Å². The zero-order valence-electron chi connectivity index (χ0n) is 17.0. The maximum Gasteiger partial charge on any atom is 0.332 e. The van der Waals surface area contributed by atoms with Gasteiger partial charge in [0.2, 0.25) is 5.78 Å². The van der Waals surface area contributed by atoms with Gasteiger partial charge in [-0.3, -0.25) is 9.78 Å². The maximum absolute atomic E-state index is 12.8. The molecule has 0 spiro atoms. The first kappa shape index (κ1) is 21.2. The van der Waals surface area contributed by atoms with E-state index < -0.39 is 12.1 Å². The van der Waals surface area contributed by atoms with Crippen molar-refractivity contribution >= 4 is 17.8 Å². The third kappa shape index (κ3) is 5.52. The fourth-order valence-corrected chi connectivity index (χ4v) is 2.87. The summed E-state index contributed by atoms with van der Waals surface area (Å²) in [6, 6.07) is 16.7. The summed E-state index contributed by atoms with van der Waals surface area (Å²) in [5, 5.41) is 8.88. The molecule has 1 atom stereocenters. The molecule has 1 aromatic carbocycles. The normalized spacial score (nSPS) is 12.2. The lowest BCUT2D eigenvalue weighted by Gasteiger charge is -2.08. The first-order chi connectivity index (χ1) is 14.4. The number of benzene rings is 1. The standard InChI is InChI=1S/C24H24N2O4/c1-17-10-12-19(13-11-17)23(27)22-9-5-15-26(22)14-4-8-20-6-3-7-21(25-20)16-30-18(2)24(28)29/h3-13,15,18H,14,16H2,1-2H3,(H,28,29)/b8-4+/t18-/m0/s1. The van der Waals surface area contributed by atoms with Crippen LogP contribution in [0.15, 0.2) is 66.9 Å². The predicted molar refractivity (Wildman–Crippen MR) is 114 cm³/mol. The van der Waals surface area contributed by atoms with Crippen LogP contribution < -0.4 is 0 Å². The summed E-state index contributed by atoms with van der Waals surface area (Å²) < 4.78 is 7.16. The van der Waals surface area contributed by atoms with Crippen LogP contribution in [0.3, 0.4) is 0 Å². The Labute approximate surface area is 175 Å². The van der Waals surface area contributed by atoms with Crippen LogP contribution in [0.5, 0.6) is 0 Å². The zero-order valence-corrected chi connectivity index (χ0v) is 17.0. The van der Waals surface area contributed by atoms with E-state index in [0.29, 0.717) is 23.5 Å². The van der Waals surface area contributed by atoms with E-state index in [0.717, 1.165) is 11.3 Å². The lowest BCUT2D eigenvalue weighted by molar-refractivity contribution is -0.149. The number of carbonyl (C=O) groups excluding carboxylic acids is 1. The first-order valence-electron chi connectivity index (χ1n) is 9.67. The summed E-state index contributed by atoms with van der Waals surface area (Å²) in [6.45, 7) is 4.13. The number of aliphatic carboxylic acids is 1. The lowest BCUT2D eigenvalue weighted by atomic mass is 10.1. The van der Waals surface area contributed by atoms with Crippen molar-refractivity contribution in [1.29, 1.82) is 0 Å². The molecule has 0 aliphatic carbocycles. The van der Waals surface area contributed by atoms with E-state index in [2.05, 4.69) is 4.98 Å². The van der Waals surface area contributed by atoms with Gasteiger partial charge in [-0.25, -0.2) is 4.79 Å². The second-order valence-electron chi connectivity index (χ2n) is 6.99. The number of pyridine rings is 1. The van der Waals surface area contributed by atoms with Crippen LogP contribution in [0.4, 0.5) is 0 Å². The first-order valence-corrected chi connectivity index (χ1v) is 9.67. The molecule has 30 heavy (non-hydrogen) atoms. The van der Waals surface area contributed by atoms with Crippen LogP contribution in [0.2, 0.25) is 0 Å². The Balaban J connectivity index is 1.64. The molecule has 2 heterocycles. The molecule has 0 aliphatic rings. The van der Waals surface area contributed by atoms with Crippen molar-refractivity contribution in [2.24, 2.45) is 0 Å². The number of carboxylic acid groups (broad SMARTS) is 1. The van der Waals surface area contributed by atoms with Gasteiger partial charge in [0, 0.05) is 18.3 Å². The predicted octanol–water partition coefficient (Wildman–Crippen LogP) is 4.13. The third-order valence-electron chi connectivity index (χ3n) is 4.62. The lowest BCUT2D eigenvalue weighted by Crippen LogP contribution is -2.19. The van der Waals surface area contributed by atoms with Gasteiger partial charge in [0.25, 0.3) is 0 Å². The second-order valence-corrected chi connectivity index (χ2v) is 6.99. The van der Waals surface area contributed by atoms with Crippen molar-refractivity contribution in [2.75, 3.05) is 0 Å². The molecule has 154 valence electrons. The molecule has 6 heteroatoms. The van der Waals surface area contributed by atoms with Gasteiger partial charge in [-0.15, -0.1) is 0 Å². The second kappa shape index (κ2) is 9.80. The Morgan fingerprint density at radius 3 is 2.63 bits per heavy atom. The van der Waals surface area contributed by atoms with E-state index in [4.69, 9.17) is 9.84 Å². The van der Waals surface area contributed by atoms with E-state index in [1.54, 1.807) is 6.07 Å². The van der Waals surface area contributed by atoms with Crippen molar-refractivity contribution < 1.29 is 19.4 Å². The largest absolute Gasteiger partial charge is 0.479 e. The van der Waals surface area contributed by atoms with Gasteiger partial charge in [-0.1, -0.05) is 42.0 Å². The minimum atomic E-state index is -1.01. The summed E-state index contributed by atoms with van der Waals surface area (Å²) in [6.07, 6.45) is 4.78. The highest BCUT2D eigenvalue weighted by Gasteiger charge is 2.13. The topological polar surface area (TPSA) is 81.4 Å². The fraction of sp³-hybridized carbons (Fsp3) is 0.208. The molecule has 0 fully saturated rings. The Kier molecular flexibility index (Phi) is 6.93. The molecule has 0 unspecified atom stereocenters. The zero-order chi connectivity index (χ0) is 21.5. The number of ether oxygens (including phenoxy) is 1. The highest BCUT2D eigenvalue weighted by Crippen LogP contribution is 2.13. The maximum atomic E-state index is 12.8. The summed E-state index contributed by atoms with van der Waals surface area (Å²) in [5.41, 5.74) is 3.79. The van der Waals surface area contributed by atoms with Crippen LogP contribution in [0.1, 0.15) is 39.9 Å². The Morgan fingerprint density at radius 1 is 1.13 bits per heavy atom. The number of nitrogens with zero attached hydrogens (tertiary/aromatic N) is 2. The van der Waals surface area contributed by atoms with Gasteiger partial charge in [0.15, 0.2) is 6.10 Å². The SMILES string of the molecule is Cc1ccc(C(=O)c2cccn2C/C=C/c2cccc(CO[C@@H](C)C(=O)O)n2)cc1. The molecule has 0 saturated carbocycles. The number of allylic oxidation sites excluding steroid dienone is 1. The van der Waals surface area contributed by atoms with Crippen molar-refractivity contribution in [1.82, 2.24) is 9.55 Å². The molecule has 3 aromatic rings. The van der Waals surface area contributed by atoms with E-state index >= 15 is 0 Å². The summed E-state index contributed by atoms with van der Waals surface area (Å²) >= 11 is 0. The van der Waals surface area contributed by atoms with Crippen molar-refractivity contribution in [3.63, 3.8) is 0 Å². The molecular formula is C24H24N2O4. The Bertz CT molecular complexity index is 1050. The minimum Gasteiger partial charge on any atom is -0.479 e. The van der Waals surface area contributed by atoms with E-state index in [1.165, 1.54) is 6.92 Å². The summed E-state index contributed by atoms with van der Waals surface area (Å²) in [7, 11) is 0. The Morgan fingerprint density at radius 2 is 1.90 bits per heavy atom. The van der Waals surface area contributed by atoms with Crippen LogP contribution in [0, 0.1) is 6.92 Å². The molecule has 6 nitrogen and oxygen atoms in total. The molecule has 0 bridgehead atoms. The van der Waals surface area contributed by atoms with Gasteiger partial charge < -0.3 is 14.4 Å². The number of ketones is 1. The number of carboxylic acids is 1. The number of aryl methyl sites for hydroxylation is 1. The number of hydrogen-bond donors (Lipinski definition) is 1. The highest BCUT2D eigenvalue weighted by molar-refractivity contribution is 6.08. The molecule has 1 N–H and O–H groups in total. The molecule has 0 aliphatic heterocycles. The van der Waals surface area contributed by atoms with Crippen LogP contribution in [-0.4, -0.2) is 32.5 Å². The van der Waals surface area contributed by atoms with E-state index in [1.807, 2.05) is 78.4 Å². The van der Waals surface area contributed by atoms with Gasteiger partial charge >= 0.3 is 5.97 Å². The van der Waals surface area contributed by atoms with Crippen LogP contribution in [0.25, 0.3) is 6.08 Å². The number of rotatable bonds is 9. The molecule has 3 rings (SSSR count). The average molecular weight is 404 g/mol. The van der Waals surface area contributed by atoms with Crippen LogP contribution >= 0.6 is 0 Å². The smallest absolute Gasteiger partial charge is 0.332 e. The summed E-state index contributed by atoms with van der Waals surface area (Å²) in [4.78, 5) is 28.1. The molecular weight excluding hydrogens is 380 g/mol. The highest BCUT2D eigenvalue weighted by atomic mass is 16.5. The average Bonchev–Trinajstić information content (AvgIpc) is 3.21. The monoisotopic (exact) mass is 404 g/mol. The van der Waals surface area contributed by atoms with Crippen molar-refractivity contribution in [3.05, 3.63) is 95.1 Å². The summed E-state index contributed by atoms with van der Waals surface area (Å²) in [5.74, 6) is -1.02. The number of carbonyl (C=O) groups is 2. The van der Waals surface area contributed by atoms with Crippen molar-refractivity contribution in [3.8, 4) is 0 Å². The van der Waals surface area contributed by atoms with E-state index in [-0.39, 0.29) is 12.4 Å². The van der Waals surface area contributed by atoms with Gasteiger partial charge in [-0.05, 0) is 44.2 Å². The van der Waals surface area contributed by atoms with Crippen molar-refractivity contribution in [2.45, 2.75) is 33.1 Å².